The highest BCUT2D eigenvalue weighted by Gasteiger charge is 2.30. The first kappa shape index (κ1) is 26.0. The molecular formula is C27H30FN3O4S. The summed E-state index contributed by atoms with van der Waals surface area (Å²) in [5.41, 5.74) is 2.55. The van der Waals surface area contributed by atoms with Crippen LogP contribution in [0, 0.1) is 5.82 Å². The van der Waals surface area contributed by atoms with Gasteiger partial charge in [-0.05, 0) is 73.7 Å². The molecule has 36 heavy (non-hydrogen) atoms. The second-order valence-electron chi connectivity index (χ2n) is 9.09. The molecule has 7 nitrogen and oxygen atoms in total. The summed E-state index contributed by atoms with van der Waals surface area (Å²) in [5, 5.41) is 16.9. The van der Waals surface area contributed by atoms with E-state index < -0.39 is 33.9 Å². The summed E-state index contributed by atoms with van der Waals surface area (Å²) >= 11 is 0. The Morgan fingerprint density at radius 2 is 1.69 bits per heavy atom. The van der Waals surface area contributed by atoms with Gasteiger partial charge in [0.15, 0.2) is 0 Å². The van der Waals surface area contributed by atoms with Crippen LogP contribution in [-0.2, 0) is 21.2 Å². The zero-order chi connectivity index (χ0) is 25.7. The van der Waals surface area contributed by atoms with Crippen LogP contribution in [0.1, 0.15) is 37.0 Å². The molecule has 0 saturated carbocycles. The van der Waals surface area contributed by atoms with Gasteiger partial charge >= 0.3 is 0 Å². The smallest absolute Gasteiger partial charge is 0.242 e. The summed E-state index contributed by atoms with van der Waals surface area (Å²) in [6.45, 7) is 1.44. The fourth-order valence-electron chi connectivity index (χ4n) is 4.37. The lowest BCUT2D eigenvalue weighted by Gasteiger charge is -2.20. The number of nitrogens with one attached hydrogen (secondary N) is 3. The molecule has 1 aliphatic rings. The number of amides is 1. The average molecular weight is 512 g/mol. The Morgan fingerprint density at radius 3 is 2.36 bits per heavy atom. The predicted octanol–water partition coefficient (Wildman–Crippen LogP) is 3.53. The highest BCUT2D eigenvalue weighted by atomic mass is 32.2. The number of benzene rings is 3. The maximum atomic E-state index is 13.1. The Kier molecular flexibility index (Phi) is 8.15. The number of hydrogen-bond acceptors (Lipinski definition) is 5. The Balaban J connectivity index is 1.28. The molecule has 3 aromatic rings. The average Bonchev–Trinajstić information content (AvgIpc) is 3.33. The molecule has 9 heteroatoms. The van der Waals surface area contributed by atoms with Gasteiger partial charge in [-0.15, -0.1) is 0 Å². The highest BCUT2D eigenvalue weighted by Crippen LogP contribution is 2.27. The minimum absolute atomic E-state index is 0.0103. The molecule has 1 saturated heterocycles. The summed E-state index contributed by atoms with van der Waals surface area (Å²) in [5.74, 6) is -1.06. The Morgan fingerprint density at radius 1 is 1.03 bits per heavy atom. The van der Waals surface area contributed by atoms with Crippen molar-refractivity contribution in [2.45, 2.75) is 55.3 Å². The molecule has 0 bridgehead atoms. The molecule has 0 unspecified atom stereocenters. The summed E-state index contributed by atoms with van der Waals surface area (Å²) in [4.78, 5) is 12.4. The predicted molar refractivity (Wildman–Crippen MR) is 136 cm³/mol. The lowest BCUT2D eigenvalue weighted by atomic mass is 10.0. The SMILES string of the molecule is C[C@H](NS(=O)(=O)c1ccc(F)cc1)C(=O)Nc1ccc(C[C@@H]2CC[C@H]([C@H](O)c3ccccc3)N2)cc1. The van der Waals surface area contributed by atoms with E-state index in [1.165, 1.54) is 6.92 Å². The Hall–Kier alpha value is -3.11. The van der Waals surface area contributed by atoms with E-state index in [1.54, 1.807) is 12.1 Å². The molecular weight excluding hydrogens is 481 g/mol. The molecule has 3 aromatic carbocycles. The first-order valence-electron chi connectivity index (χ1n) is 11.9. The quantitative estimate of drug-likeness (QED) is 0.352. The number of carbonyl (C=O) groups is 1. The van der Waals surface area contributed by atoms with Gasteiger partial charge in [-0.25, -0.2) is 12.8 Å². The molecule has 1 fully saturated rings. The first-order chi connectivity index (χ1) is 17.2. The van der Waals surface area contributed by atoms with E-state index >= 15 is 0 Å². The molecule has 4 atom stereocenters. The second-order valence-corrected chi connectivity index (χ2v) is 10.8. The van der Waals surface area contributed by atoms with Crippen LogP contribution in [0.15, 0.2) is 83.8 Å². The largest absolute Gasteiger partial charge is 0.387 e. The van der Waals surface area contributed by atoms with Crippen LogP contribution >= 0.6 is 0 Å². The molecule has 4 N–H and O–H groups in total. The van der Waals surface area contributed by atoms with E-state index in [0.29, 0.717) is 5.69 Å². The molecule has 0 aliphatic carbocycles. The third-order valence-electron chi connectivity index (χ3n) is 6.35. The Labute approximate surface area is 210 Å². The molecule has 1 heterocycles. The van der Waals surface area contributed by atoms with Crippen molar-refractivity contribution in [2.24, 2.45) is 0 Å². The third-order valence-corrected chi connectivity index (χ3v) is 7.91. The molecule has 1 amide bonds. The Bertz CT molecular complexity index is 1270. The van der Waals surface area contributed by atoms with E-state index in [4.69, 9.17) is 0 Å². The summed E-state index contributed by atoms with van der Waals surface area (Å²) in [7, 11) is -3.96. The van der Waals surface area contributed by atoms with Gasteiger partial charge in [-0.1, -0.05) is 42.5 Å². The van der Waals surface area contributed by atoms with E-state index in [1.807, 2.05) is 42.5 Å². The molecule has 0 spiro atoms. The number of hydrogen-bond donors (Lipinski definition) is 4. The molecule has 0 radical (unpaired) electrons. The van der Waals surface area contributed by atoms with Crippen LogP contribution < -0.4 is 15.4 Å². The van der Waals surface area contributed by atoms with Crippen LogP contribution in [0.4, 0.5) is 10.1 Å². The number of aliphatic hydroxyl groups is 1. The third kappa shape index (κ3) is 6.55. The fraction of sp³-hybridized carbons (Fsp3) is 0.296. The van der Waals surface area contributed by atoms with Gasteiger partial charge in [0.25, 0.3) is 0 Å². The van der Waals surface area contributed by atoms with Crippen molar-refractivity contribution in [3.05, 3.63) is 95.8 Å². The highest BCUT2D eigenvalue weighted by molar-refractivity contribution is 7.89. The van der Waals surface area contributed by atoms with Crippen molar-refractivity contribution in [1.82, 2.24) is 10.0 Å². The van der Waals surface area contributed by atoms with E-state index in [-0.39, 0.29) is 17.0 Å². The van der Waals surface area contributed by atoms with Crippen molar-refractivity contribution in [3.8, 4) is 0 Å². The number of anilines is 1. The minimum Gasteiger partial charge on any atom is -0.387 e. The first-order valence-corrected chi connectivity index (χ1v) is 13.4. The van der Waals surface area contributed by atoms with Gasteiger partial charge < -0.3 is 15.7 Å². The normalized spacial score (nSPS) is 19.5. The van der Waals surface area contributed by atoms with E-state index in [2.05, 4.69) is 15.4 Å². The summed E-state index contributed by atoms with van der Waals surface area (Å²) < 4.78 is 40.2. The van der Waals surface area contributed by atoms with Crippen molar-refractivity contribution in [1.29, 1.82) is 0 Å². The van der Waals surface area contributed by atoms with Gasteiger partial charge in [0.2, 0.25) is 15.9 Å². The molecule has 4 rings (SSSR count). The molecule has 1 aliphatic heterocycles. The van der Waals surface area contributed by atoms with Crippen molar-refractivity contribution >= 4 is 21.6 Å². The maximum absolute atomic E-state index is 13.1. The topological polar surface area (TPSA) is 108 Å². The molecule has 0 aromatic heterocycles. The lowest BCUT2D eigenvalue weighted by molar-refractivity contribution is -0.117. The van der Waals surface area contributed by atoms with Gasteiger partial charge in [-0.3, -0.25) is 4.79 Å². The second kappa shape index (κ2) is 11.3. The van der Waals surface area contributed by atoms with Crippen molar-refractivity contribution in [2.75, 3.05) is 5.32 Å². The van der Waals surface area contributed by atoms with E-state index in [0.717, 1.165) is 54.7 Å². The monoisotopic (exact) mass is 511 g/mol. The van der Waals surface area contributed by atoms with Crippen LogP contribution in [0.25, 0.3) is 0 Å². The minimum atomic E-state index is -3.96. The number of carbonyl (C=O) groups excluding carboxylic acids is 1. The van der Waals surface area contributed by atoms with E-state index in [9.17, 15) is 22.7 Å². The number of halogens is 1. The van der Waals surface area contributed by atoms with Crippen molar-refractivity contribution in [3.63, 3.8) is 0 Å². The molecule has 190 valence electrons. The van der Waals surface area contributed by atoms with Crippen molar-refractivity contribution < 1.29 is 22.7 Å². The number of aliphatic hydroxyl groups excluding tert-OH is 1. The fourth-order valence-corrected chi connectivity index (χ4v) is 5.57. The van der Waals surface area contributed by atoms with Crippen LogP contribution in [0.2, 0.25) is 0 Å². The zero-order valence-corrected chi connectivity index (χ0v) is 20.7. The van der Waals surface area contributed by atoms with Crippen LogP contribution in [-0.4, -0.2) is 37.6 Å². The van der Waals surface area contributed by atoms with Gasteiger partial charge in [-0.2, -0.15) is 4.72 Å². The lowest BCUT2D eigenvalue weighted by Crippen LogP contribution is -2.41. The van der Waals surface area contributed by atoms with Crippen LogP contribution in [0.5, 0.6) is 0 Å². The van der Waals surface area contributed by atoms with Gasteiger partial charge in [0.1, 0.15) is 5.82 Å². The standard InChI is InChI=1S/C27H30FN3O4S/c1-18(31-36(34,35)24-14-9-21(28)10-15-24)27(33)30-22-11-7-19(8-12-22)17-23-13-16-25(29-23)26(32)20-5-3-2-4-6-20/h2-12,14-15,18,23,25-26,29,31-32H,13,16-17H2,1H3,(H,30,33)/t18-,23-,25+,26+/m0/s1. The zero-order valence-electron chi connectivity index (χ0n) is 19.9. The number of rotatable bonds is 9. The van der Waals surface area contributed by atoms with Crippen LogP contribution in [0.3, 0.4) is 0 Å². The summed E-state index contributed by atoms with van der Waals surface area (Å²) in [6.07, 6.45) is 2.09. The maximum Gasteiger partial charge on any atom is 0.242 e. The van der Waals surface area contributed by atoms with Gasteiger partial charge in [0, 0.05) is 17.8 Å². The van der Waals surface area contributed by atoms with Gasteiger partial charge in [0.05, 0.1) is 17.0 Å². The number of sulfonamides is 1. The summed E-state index contributed by atoms with van der Waals surface area (Å²) in [6, 6.07) is 20.6.